The number of hydrogen-bond acceptors (Lipinski definition) is 4. The lowest BCUT2D eigenvalue weighted by molar-refractivity contribution is 0.0932. The third-order valence-electron chi connectivity index (χ3n) is 4.59. The number of carbonyl (C=O) groups excluding carboxylic acids is 2. The summed E-state index contributed by atoms with van der Waals surface area (Å²) in [7, 11) is 3.44. The van der Waals surface area contributed by atoms with Gasteiger partial charge in [-0.15, -0.1) is 0 Å². The van der Waals surface area contributed by atoms with E-state index in [1.807, 2.05) is 24.3 Å². The van der Waals surface area contributed by atoms with Crippen molar-refractivity contribution in [3.05, 3.63) is 47.8 Å². The number of benzene rings is 1. The summed E-state index contributed by atoms with van der Waals surface area (Å²) < 4.78 is 7.11. The molecule has 1 aliphatic rings. The van der Waals surface area contributed by atoms with E-state index in [9.17, 15) is 9.59 Å². The van der Waals surface area contributed by atoms with Crippen molar-refractivity contribution < 1.29 is 14.3 Å². The quantitative estimate of drug-likeness (QED) is 0.847. The molecule has 1 aromatic heterocycles. The first kappa shape index (κ1) is 17.1. The van der Waals surface area contributed by atoms with E-state index in [-0.39, 0.29) is 17.7 Å². The zero-order valence-electron chi connectivity index (χ0n) is 14.8. The Morgan fingerprint density at radius 3 is 2.72 bits per heavy atom. The second-order valence-electron chi connectivity index (χ2n) is 6.36. The number of aryl methyl sites for hydroxylation is 1. The van der Waals surface area contributed by atoms with Crippen molar-refractivity contribution in [2.24, 2.45) is 7.05 Å². The average molecular weight is 341 g/mol. The van der Waals surface area contributed by atoms with Gasteiger partial charge in [-0.25, -0.2) is 0 Å². The van der Waals surface area contributed by atoms with E-state index in [0.717, 1.165) is 30.9 Å². The normalized spacial score (nSPS) is 16.8. The molecule has 0 bridgehead atoms. The van der Waals surface area contributed by atoms with Crippen LogP contribution in [0.4, 0.5) is 5.69 Å². The number of ether oxygens (including phenoxy) is 1. The largest absolute Gasteiger partial charge is 0.495 e. The van der Waals surface area contributed by atoms with Crippen molar-refractivity contribution in [1.82, 2.24) is 9.88 Å². The first-order valence-corrected chi connectivity index (χ1v) is 8.35. The zero-order valence-corrected chi connectivity index (χ0v) is 14.8. The van der Waals surface area contributed by atoms with Gasteiger partial charge in [0.05, 0.1) is 12.8 Å². The van der Waals surface area contributed by atoms with Gasteiger partial charge in [-0.3, -0.25) is 9.59 Å². The lowest BCUT2D eigenvalue weighted by Gasteiger charge is -2.21. The van der Waals surface area contributed by atoms with Gasteiger partial charge in [0.2, 0.25) is 0 Å². The fraction of sp³-hybridized carbons (Fsp3) is 0.368. The molecule has 1 amide bonds. The summed E-state index contributed by atoms with van der Waals surface area (Å²) in [4.78, 5) is 26.2. The maximum atomic E-state index is 12.5. The Hall–Kier alpha value is -2.76. The van der Waals surface area contributed by atoms with Crippen molar-refractivity contribution in [2.75, 3.05) is 25.1 Å². The number of carbonyl (C=O) groups is 2. The minimum absolute atomic E-state index is 0.0436. The standard InChI is InChI=1S/C19H23N3O3/c1-13(23)14-10-17(21(2)11-14)19(24)20-15-8-9-22(12-15)16-6-4-5-7-18(16)25-3/h4-7,10-11,15H,8-9,12H2,1-3H3,(H,20,24). The van der Waals surface area contributed by atoms with Gasteiger partial charge in [0.1, 0.15) is 11.4 Å². The molecule has 25 heavy (non-hydrogen) atoms. The number of methoxy groups -OCH3 is 1. The van der Waals surface area contributed by atoms with E-state index in [1.54, 1.807) is 31.0 Å². The summed E-state index contributed by atoms with van der Waals surface area (Å²) in [6.07, 6.45) is 2.56. The molecule has 1 atom stereocenters. The van der Waals surface area contributed by atoms with E-state index >= 15 is 0 Å². The molecule has 0 radical (unpaired) electrons. The smallest absolute Gasteiger partial charge is 0.268 e. The number of amides is 1. The Kier molecular flexibility index (Phi) is 4.79. The Bertz CT molecular complexity index is 797. The third-order valence-corrected chi connectivity index (χ3v) is 4.59. The summed E-state index contributed by atoms with van der Waals surface area (Å²) in [5.41, 5.74) is 2.09. The molecule has 0 saturated carbocycles. The number of rotatable bonds is 5. The summed E-state index contributed by atoms with van der Waals surface area (Å²) >= 11 is 0. The first-order chi connectivity index (χ1) is 12.0. The van der Waals surface area contributed by atoms with E-state index in [0.29, 0.717) is 11.3 Å². The van der Waals surface area contributed by atoms with Gasteiger partial charge in [0.15, 0.2) is 5.78 Å². The van der Waals surface area contributed by atoms with Gasteiger partial charge in [-0.2, -0.15) is 0 Å². The van der Waals surface area contributed by atoms with Crippen LogP contribution in [0, 0.1) is 0 Å². The molecule has 2 heterocycles. The third kappa shape index (κ3) is 3.52. The minimum atomic E-state index is -0.151. The maximum absolute atomic E-state index is 12.5. The van der Waals surface area contributed by atoms with Gasteiger partial charge in [0, 0.05) is 37.9 Å². The number of para-hydroxylation sites is 2. The monoisotopic (exact) mass is 341 g/mol. The van der Waals surface area contributed by atoms with Crippen molar-refractivity contribution >= 4 is 17.4 Å². The molecule has 2 aromatic rings. The lowest BCUT2D eigenvalue weighted by atomic mass is 10.2. The SMILES string of the molecule is COc1ccccc1N1CCC(NC(=O)c2cc(C(C)=O)cn2C)C1. The number of nitrogens with zero attached hydrogens (tertiary/aromatic N) is 2. The topological polar surface area (TPSA) is 63.6 Å². The second kappa shape index (κ2) is 7.01. The molecule has 6 nitrogen and oxygen atoms in total. The van der Waals surface area contributed by atoms with Crippen LogP contribution in [0.25, 0.3) is 0 Å². The molecule has 1 saturated heterocycles. The Morgan fingerprint density at radius 1 is 1.28 bits per heavy atom. The minimum Gasteiger partial charge on any atom is -0.495 e. The Labute approximate surface area is 147 Å². The fourth-order valence-electron chi connectivity index (χ4n) is 3.23. The Balaban J connectivity index is 1.67. The van der Waals surface area contributed by atoms with Crippen LogP contribution in [0.5, 0.6) is 5.75 Å². The van der Waals surface area contributed by atoms with E-state index < -0.39 is 0 Å². The molecule has 1 N–H and O–H groups in total. The van der Waals surface area contributed by atoms with Crippen molar-refractivity contribution in [3.63, 3.8) is 0 Å². The van der Waals surface area contributed by atoms with Crippen molar-refractivity contribution in [3.8, 4) is 5.75 Å². The number of anilines is 1. The average Bonchev–Trinajstić information content (AvgIpc) is 3.21. The van der Waals surface area contributed by atoms with Crippen LogP contribution in [0.15, 0.2) is 36.5 Å². The summed E-state index contributed by atoms with van der Waals surface area (Å²) in [6, 6.07) is 9.60. The van der Waals surface area contributed by atoms with Crippen LogP contribution in [-0.4, -0.2) is 42.5 Å². The van der Waals surface area contributed by atoms with Gasteiger partial charge >= 0.3 is 0 Å². The highest BCUT2D eigenvalue weighted by molar-refractivity contribution is 5.99. The van der Waals surface area contributed by atoms with Gasteiger partial charge in [-0.1, -0.05) is 12.1 Å². The predicted octanol–water partition coefficient (Wildman–Crippen LogP) is 2.25. The highest BCUT2D eigenvalue weighted by atomic mass is 16.5. The van der Waals surface area contributed by atoms with Gasteiger partial charge < -0.3 is 19.5 Å². The molecular formula is C19H23N3O3. The highest BCUT2D eigenvalue weighted by Crippen LogP contribution is 2.30. The lowest BCUT2D eigenvalue weighted by Crippen LogP contribution is -2.37. The molecule has 1 unspecified atom stereocenters. The van der Waals surface area contributed by atoms with Crippen LogP contribution in [0.1, 0.15) is 34.2 Å². The summed E-state index contributed by atoms with van der Waals surface area (Å²) in [5.74, 6) is 0.641. The van der Waals surface area contributed by atoms with Crippen LogP contribution in [-0.2, 0) is 7.05 Å². The number of hydrogen-bond donors (Lipinski definition) is 1. The molecule has 1 aliphatic heterocycles. The van der Waals surface area contributed by atoms with E-state index in [4.69, 9.17) is 4.74 Å². The van der Waals surface area contributed by atoms with Gasteiger partial charge in [0.25, 0.3) is 5.91 Å². The maximum Gasteiger partial charge on any atom is 0.268 e. The molecule has 132 valence electrons. The molecule has 3 rings (SSSR count). The molecule has 0 spiro atoms. The molecule has 6 heteroatoms. The van der Waals surface area contributed by atoms with Crippen LogP contribution in [0.2, 0.25) is 0 Å². The fourth-order valence-corrected chi connectivity index (χ4v) is 3.23. The Morgan fingerprint density at radius 2 is 2.04 bits per heavy atom. The number of nitrogens with one attached hydrogen (secondary N) is 1. The zero-order chi connectivity index (χ0) is 18.0. The van der Waals surface area contributed by atoms with Crippen molar-refractivity contribution in [2.45, 2.75) is 19.4 Å². The number of ketones is 1. The summed E-state index contributed by atoms with van der Waals surface area (Å²) in [5, 5.41) is 3.07. The van der Waals surface area contributed by atoms with Crippen LogP contribution >= 0.6 is 0 Å². The number of Topliss-reactive ketones (excluding diaryl/α,β-unsaturated/α-hetero) is 1. The van der Waals surface area contributed by atoms with E-state index in [1.165, 1.54) is 6.92 Å². The summed E-state index contributed by atoms with van der Waals surface area (Å²) in [6.45, 7) is 3.09. The molecular weight excluding hydrogens is 318 g/mol. The van der Waals surface area contributed by atoms with Gasteiger partial charge in [-0.05, 0) is 31.5 Å². The van der Waals surface area contributed by atoms with E-state index in [2.05, 4.69) is 10.2 Å². The first-order valence-electron chi connectivity index (χ1n) is 8.35. The second-order valence-corrected chi connectivity index (χ2v) is 6.36. The number of aromatic nitrogens is 1. The molecule has 0 aliphatic carbocycles. The molecule has 1 aromatic carbocycles. The van der Waals surface area contributed by atoms with Crippen LogP contribution in [0.3, 0.4) is 0 Å². The predicted molar refractivity (Wildman–Crippen MR) is 96.5 cm³/mol. The van der Waals surface area contributed by atoms with Crippen molar-refractivity contribution in [1.29, 1.82) is 0 Å². The highest BCUT2D eigenvalue weighted by Gasteiger charge is 2.26. The molecule has 1 fully saturated rings. The van der Waals surface area contributed by atoms with Crippen LogP contribution < -0.4 is 15.0 Å².